The lowest BCUT2D eigenvalue weighted by Crippen LogP contribution is -2.30. The number of ether oxygens (including phenoxy) is 3. The molecule has 0 bridgehead atoms. The standard InChI is InChI=1S/C21H19ClN2O5/c1-11-9-24-10-13(20(25)18-14(22)5-7-16(29-11)19(18)24)21(26)23-15-6-4-12(27-2)8-17(15)28-3/h4-8,10-11H,9H2,1-3H3,(H,23,26)/t11-/m0/s1. The number of rotatable bonds is 4. The lowest BCUT2D eigenvalue weighted by Gasteiger charge is -2.26. The number of pyridine rings is 1. The van der Waals surface area contributed by atoms with E-state index in [1.165, 1.54) is 14.2 Å². The van der Waals surface area contributed by atoms with Gasteiger partial charge in [-0.3, -0.25) is 9.59 Å². The molecule has 8 heteroatoms. The van der Waals surface area contributed by atoms with Crippen LogP contribution in [0, 0.1) is 0 Å². The fourth-order valence-electron chi connectivity index (χ4n) is 3.49. The molecule has 29 heavy (non-hydrogen) atoms. The fourth-order valence-corrected chi connectivity index (χ4v) is 3.72. The summed E-state index contributed by atoms with van der Waals surface area (Å²) in [6, 6.07) is 8.33. The lowest BCUT2D eigenvalue weighted by atomic mass is 10.1. The number of benzene rings is 2. The number of methoxy groups -OCH3 is 2. The molecule has 0 aliphatic carbocycles. The van der Waals surface area contributed by atoms with Gasteiger partial charge in [0.05, 0.1) is 42.4 Å². The van der Waals surface area contributed by atoms with E-state index in [2.05, 4.69) is 5.32 Å². The molecule has 0 unspecified atom stereocenters. The first-order valence-corrected chi connectivity index (χ1v) is 9.36. The van der Waals surface area contributed by atoms with Gasteiger partial charge in [0.15, 0.2) is 0 Å². The predicted octanol–water partition coefficient (Wildman–Crippen LogP) is 3.71. The summed E-state index contributed by atoms with van der Waals surface area (Å²) < 4.78 is 18.1. The van der Waals surface area contributed by atoms with Crippen LogP contribution in [0.2, 0.25) is 5.02 Å². The van der Waals surface area contributed by atoms with Gasteiger partial charge in [0.2, 0.25) is 5.43 Å². The predicted molar refractivity (Wildman–Crippen MR) is 111 cm³/mol. The van der Waals surface area contributed by atoms with Crippen molar-refractivity contribution in [1.82, 2.24) is 4.57 Å². The number of carbonyl (C=O) groups excluding carboxylic acids is 1. The van der Waals surface area contributed by atoms with E-state index in [9.17, 15) is 9.59 Å². The first kappa shape index (κ1) is 19.1. The number of nitrogens with zero attached hydrogens (tertiary/aromatic N) is 1. The molecule has 0 saturated heterocycles. The number of carbonyl (C=O) groups is 1. The van der Waals surface area contributed by atoms with Crippen molar-refractivity contribution in [2.45, 2.75) is 19.6 Å². The number of aromatic nitrogens is 1. The van der Waals surface area contributed by atoms with E-state index in [0.29, 0.717) is 35.0 Å². The van der Waals surface area contributed by atoms with Crippen LogP contribution in [0.4, 0.5) is 5.69 Å². The number of halogens is 1. The third-order valence-corrected chi connectivity index (χ3v) is 5.13. The van der Waals surface area contributed by atoms with E-state index in [-0.39, 0.29) is 22.1 Å². The first-order valence-electron chi connectivity index (χ1n) is 8.98. The molecule has 1 atom stereocenters. The lowest BCUT2D eigenvalue weighted by molar-refractivity contribution is 0.102. The Morgan fingerprint density at radius 2 is 2.03 bits per heavy atom. The van der Waals surface area contributed by atoms with Crippen LogP contribution in [-0.2, 0) is 6.54 Å². The fraction of sp³-hybridized carbons (Fsp3) is 0.238. The maximum absolute atomic E-state index is 13.1. The molecule has 150 valence electrons. The minimum absolute atomic E-state index is 0.0106. The Hall–Kier alpha value is -3.19. The summed E-state index contributed by atoms with van der Waals surface area (Å²) in [6.45, 7) is 2.42. The Morgan fingerprint density at radius 3 is 2.76 bits per heavy atom. The van der Waals surface area contributed by atoms with Gasteiger partial charge >= 0.3 is 0 Å². The van der Waals surface area contributed by atoms with Crippen molar-refractivity contribution in [2.24, 2.45) is 0 Å². The molecule has 1 amide bonds. The average Bonchev–Trinajstić information content (AvgIpc) is 2.71. The van der Waals surface area contributed by atoms with E-state index < -0.39 is 11.3 Å². The SMILES string of the molecule is COc1ccc(NC(=O)c2cn3c4c(ccc(Cl)c4c2=O)O[C@@H](C)C3)c(OC)c1. The van der Waals surface area contributed by atoms with Gasteiger partial charge in [-0.05, 0) is 31.2 Å². The zero-order valence-electron chi connectivity index (χ0n) is 16.1. The summed E-state index contributed by atoms with van der Waals surface area (Å²) in [5.41, 5.74) is 0.557. The van der Waals surface area contributed by atoms with Crippen LogP contribution < -0.4 is 25.0 Å². The van der Waals surface area contributed by atoms with E-state index in [1.54, 1.807) is 36.5 Å². The zero-order valence-corrected chi connectivity index (χ0v) is 16.9. The minimum Gasteiger partial charge on any atom is -0.497 e. The van der Waals surface area contributed by atoms with Crippen molar-refractivity contribution in [3.63, 3.8) is 0 Å². The molecule has 1 N–H and O–H groups in total. The van der Waals surface area contributed by atoms with Crippen molar-refractivity contribution >= 4 is 34.1 Å². The van der Waals surface area contributed by atoms with Crippen LogP contribution in [0.1, 0.15) is 17.3 Å². The molecule has 0 saturated carbocycles. The van der Waals surface area contributed by atoms with Crippen molar-refractivity contribution in [2.75, 3.05) is 19.5 Å². The second-order valence-electron chi connectivity index (χ2n) is 6.74. The van der Waals surface area contributed by atoms with E-state index >= 15 is 0 Å². The van der Waals surface area contributed by atoms with Gasteiger partial charge in [-0.1, -0.05) is 11.6 Å². The number of hydrogen-bond acceptors (Lipinski definition) is 5. The summed E-state index contributed by atoms with van der Waals surface area (Å²) in [4.78, 5) is 26.1. The molecule has 3 aromatic rings. The Bertz CT molecular complexity index is 1190. The molecule has 2 aromatic carbocycles. The summed E-state index contributed by atoms with van der Waals surface area (Å²) in [5, 5.41) is 3.29. The normalized spacial score (nSPS) is 15.0. The van der Waals surface area contributed by atoms with Gasteiger partial charge in [-0.15, -0.1) is 0 Å². The first-order chi connectivity index (χ1) is 13.9. The van der Waals surface area contributed by atoms with Gasteiger partial charge < -0.3 is 24.1 Å². The molecule has 4 rings (SSSR count). The van der Waals surface area contributed by atoms with Crippen molar-refractivity contribution in [1.29, 1.82) is 0 Å². The molecule has 1 aliphatic rings. The monoisotopic (exact) mass is 414 g/mol. The van der Waals surface area contributed by atoms with Crippen molar-refractivity contribution in [3.05, 3.63) is 57.3 Å². The molecule has 0 radical (unpaired) electrons. The molecule has 1 aliphatic heterocycles. The molecule has 0 fully saturated rings. The molecule has 2 heterocycles. The molecule has 0 spiro atoms. The van der Waals surface area contributed by atoms with Crippen LogP contribution in [0.3, 0.4) is 0 Å². The van der Waals surface area contributed by atoms with Gasteiger partial charge in [0.1, 0.15) is 28.9 Å². The second kappa shape index (κ2) is 7.33. The highest BCUT2D eigenvalue weighted by Crippen LogP contribution is 2.34. The highest BCUT2D eigenvalue weighted by atomic mass is 35.5. The van der Waals surface area contributed by atoms with E-state index in [0.717, 1.165) is 0 Å². The molecular weight excluding hydrogens is 396 g/mol. The highest BCUT2D eigenvalue weighted by molar-refractivity contribution is 6.35. The third-order valence-electron chi connectivity index (χ3n) is 4.82. The molecule has 7 nitrogen and oxygen atoms in total. The zero-order chi connectivity index (χ0) is 20.7. The van der Waals surface area contributed by atoms with Crippen LogP contribution in [0.25, 0.3) is 10.9 Å². The Morgan fingerprint density at radius 1 is 1.24 bits per heavy atom. The molecular formula is C21H19ClN2O5. The molecule has 1 aromatic heterocycles. The van der Waals surface area contributed by atoms with E-state index in [4.69, 9.17) is 25.8 Å². The Labute approximate surface area is 171 Å². The largest absolute Gasteiger partial charge is 0.497 e. The number of hydrogen-bond donors (Lipinski definition) is 1. The third kappa shape index (κ3) is 3.27. The van der Waals surface area contributed by atoms with Crippen molar-refractivity contribution in [3.8, 4) is 17.2 Å². The smallest absolute Gasteiger partial charge is 0.261 e. The maximum Gasteiger partial charge on any atom is 0.261 e. The maximum atomic E-state index is 13.1. The Kier molecular flexibility index (Phi) is 4.84. The van der Waals surface area contributed by atoms with Crippen LogP contribution >= 0.6 is 11.6 Å². The highest BCUT2D eigenvalue weighted by Gasteiger charge is 2.25. The van der Waals surface area contributed by atoms with Crippen LogP contribution in [0.5, 0.6) is 17.2 Å². The number of amides is 1. The number of nitrogens with one attached hydrogen (secondary N) is 1. The quantitative estimate of drug-likeness (QED) is 0.704. The van der Waals surface area contributed by atoms with Gasteiger partial charge in [0.25, 0.3) is 5.91 Å². The average molecular weight is 415 g/mol. The van der Waals surface area contributed by atoms with Crippen LogP contribution in [0.15, 0.2) is 41.3 Å². The van der Waals surface area contributed by atoms with Gasteiger partial charge in [0, 0.05) is 12.3 Å². The number of anilines is 1. The summed E-state index contributed by atoms with van der Waals surface area (Å²) in [6.07, 6.45) is 1.45. The summed E-state index contributed by atoms with van der Waals surface area (Å²) in [7, 11) is 3.03. The van der Waals surface area contributed by atoms with Gasteiger partial charge in [-0.25, -0.2) is 0 Å². The Balaban J connectivity index is 1.81. The van der Waals surface area contributed by atoms with Crippen LogP contribution in [-0.4, -0.2) is 30.8 Å². The van der Waals surface area contributed by atoms with Crippen molar-refractivity contribution < 1.29 is 19.0 Å². The van der Waals surface area contributed by atoms with E-state index in [1.807, 2.05) is 11.5 Å². The minimum atomic E-state index is -0.551. The second-order valence-corrected chi connectivity index (χ2v) is 7.15. The van der Waals surface area contributed by atoms with Gasteiger partial charge in [-0.2, -0.15) is 0 Å². The topological polar surface area (TPSA) is 78.8 Å². The summed E-state index contributed by atoms with van der Waals surface area (Å²) in [5.74, 6) is 1.03. The summed E-state index contributed by atoms with van der Waals surface area (Å²) >= 11 is 6.31.